The van der Waals surface area contributed by atoms with Gasteiger partial charge in [-0.3, -0.25) is 4.98 Å². The van der Waals surface area contributed by atoms with E-state index < -0.39 is 0 Å². The molecule has 3 nitrogen and oxygen atoms in total. The van der Waals surface area contributed by atoms with Crippen LogP contribution >= 0.6 is 0 Å². The van der Waals surface area contributed by atoms with Crippen LogP contribution in [0, 0.1) is 12.8 Å². The minimum absolute atomic E-state index is 0.292. The van der Waals surface area contributed by atoms with Crippen LogP contribution in [0.3, 0.4) is 0 Å². The number of rotatable bonds is 6. The highest BCUT2D eigenvalue weighted by atomic mass is 16.3. The van der Waals surface area contributed by atoms with Gasteiger partial charge in [0.1, 0.15) is 5.75 Å². The van der Waals surface area contributed by atoms with Gasteiger partial charge in [0.15, 0.2) is 0 Å². The Kier molecular flexibility index (Phi) is 3.78. The Morgan fingerprint density at radius 1 is 1.44 bits per heavy atom. The van der Waals surface area contributed by atoms with Crippen LogP contribution in [0.5, 0.6) is 5.75 Å². The molecule has 88 valence electrons. The van der Waals surface area contributed by atoms with Crippen LogP contribution in [0.4, 0.5) is 0 Å². The van der Waals surface area contributed by atoms with Gasteiger partial charge < -0.3 is 10.4 Å². The lowest BCUT2D eigenvalue weighted by molar-refractivity contribution is 0.458. The third-order valence-electron chi connectivity index (χ3n) is 3.04. The normalized spacial score (nSPS) is 15.3. The van der Waals surface area contributed by atoms with Crippen LogP contribution in [-0.4, -0.2) is 16.6 Å². The predicted octanol–water partition coefficient (Wildman–Crippen LogP) is 2.38. The number of hydrogen-bond acceptors (Lipinski definition) is 3. The fraction of sp³-hybridized carbons (Fsp3) is 0.615. The highest BCUT2D eigenvalue weighted by Crippen LogP contribution is 2.33. The van der Waals surface area contributed by atoms with E-state index in [2.05, 4.69) is 10.3 Å². The second-order valence-electron chi connectivity index (χ2n) is 4.68. The number of aromatic nitrogens is 1. The van der Waals surface area contributed by atoms with Crippen LogP contribution in [0.25, 0.3) is 0 Å². The van der Waals surface area contributed by atoms with Crippen molar-refractivity contribution in [3.05, 3.63) is 23.5 Å². The molecule has 0 saturated heterocycles. The predicted molar refractivity (Wildman–Crippen MR) is 64.3 cm³/mol. The molecule has 0 radical (unpaired) electrons. The molecule has 0 aliphatic heterocycles. The van der Waals surface area contributed by atoms with Crippen LogP contribution in [0.2, 0.25) is 0 Å². The number of pyridine rings is 1. The fourth-order valence-corrected chi connectivity index (χ4v) is 1.86. The molecule has 0 amide bonds. The van der Waals surface area contributed by atoms with E-state index in [0.717, 1.165) is 23.9 Å². The van der Waals surface area contributed by atoms with E-state index in [4.69, 9.17) is 0 Å². The average Bonchev–Trinajstić information content (AvgIpc) is 3.06. The van der Waals surface area contributed by atoms with E-state index in [0.29, 0.717) is 12.3 Å². The number of aryl methyl sites for hydroxylation is 1. The van der Waals surface area contributed by atoms with Gasteiger partial charge in [0.25, 0.3) is 0 Å². The van der Waals surface area contributed by atoms with Gasteiger partial charge in [-0.15, -0.1) is 0 Å². The van der Waals surface area contributed by atoms with E-state index in [1.54, 1.807) is 6.07 Å². The van der Waals surface area contributed by atoms with Gasteiger partial charge in [0.2, 0.25) is 0 Å². The number of hydrogen-bond donors (Lipinski definition) is 2. The summed E-state index contributed by atoms with van der Waals surface area (Å²) in [6, 6.07) is 3.54. The third kappa shape index (κ3) is 3.49. The molecule has 0 bridgehead atoms. The highest BCUT2D eigenvalue weighted by Gasteiger charge is 2.19. The Labute approximate surface area is 96.9 Å². The van der Waals surface area contributed by atoms with Gasteiger partial charge in [0.05, 0.1) is 5.69 Å². The maximum absolute atomic E-state index is 9.59. The first kappa shape index (κ1) is 11.4. The maximum atomic E-state index is 9.59. The molecule has 1 aromatic rings. The Hall–Kier alpha value is -1.09. The summed E-state index contributed by atoms with van der Waals surface area (Å²) in [7, 11) is 0. The molecule has 1 aromatic heterocycles. The van der Waals surface area contributed by atoms with Gasteiger partial charge in [0, 0.05) is 12.2 Å². The average molecular weight is 220 g/mol. The molecule has 1 saturated carbocycles. The molecule has 1 aliphatic carbocycles. The topological polar surface area (TPSA) is 45.1 Å². The third-order valence-corrected chi connectivity index (χ3v) is 3.04. The van der Waals surface area contributed by atoms with E-state index in [-0.39, 0.29) is 0 Å². The van der Waals surface area contributed by atoms with Crippen molar-refractivity contribution >= 4 is 0 Å². The van der Waals surface area contributed by atoms with E-state index in [1.807, 2.05) is 13.0 Å². The lowest BCUT2D eigenvalue weighted by Crippen LogP contribution is -2.16. The quantitative estimate of drug-likeness (QED) is 0.723. The van der Waals surface area contributed by atoms with Crippen molar-refractivity contribution < 1.29 is 5.11 Å². The minimum Gasteiger partial charge on any atom is -0.506 e. The second kappa shape index (κ2) is 5.30. The zero-order valence-corrected chi connectivity index (χ0v) is 9.87. The molecule has 2 rings (SSSR count). The SMILES string of the molecule is Cc1ccc(O)c(CNCCCC2CC2)n1. The number of nitrogens with zero attached hydrogens (tertiary/aromatic N) is 1. The Bertz CT molecular complexity index is 348. The molecule has 2 N–H and O–H groups in total. The lowest BCUT2D eigenvalue weighted by atomic mass is 10.2. The summed E-state index contributed by atoms with van der Waals surface area (Å²) in [6.45, 7) is 3.62. The first-order valence-corrected chi connectivity index (χ1v) is 6.12. The zero-order valence-electron chi connectivity index (χ0n) is 9.87. The van der Waals surface area contributed by atoms with E-state index in [9.17, 15) is 5.11 Å². The van der Waals surface area contributed by atoms with Crippen molar-refractivity contribution in [3.8, 4) is 5.75 Å². The van der Waals surface area contributed by atoms with Crippen LogP contribution < -0.4 is 5.32 Å². The Morgan fingerprint density at radius 3 is 3.00 bits per heavy atom. The van der Waals surface area contributed by atoms with Crippen molar-refractivity contribution in [1.82, 2.24) is 10.3 Å². The highest BCUT2D eigenvalue weighted by molar-refractivity contribution is 5.27. The lowest BCUT2D eigenvalue weighted by Gasteiger charge is -2.06. The molecule has 16 heavy (non-hydrogen) atoms. The van der Waals surface area contributed by atoms with Crippen molar-refractivity contribution in [2.24, 2.45) is 5.92 Å². The molecular weight excluding hydrogens is 200 g/mol. The van der Waals surface area contributed by atoms with Crippen LogP contribution in [0.1, 0.15) is 37.1 Å². The van der Waals surface area contributed by atoms with Gasteiger partial charge in [-0.2, -0.15) is 0 Å². The molecule has 0 unspecified atom stereocenters. The molecule has 1 fully saturated rings. The monoisotopic (exact) mass is 220 g/mol. The van der Waals surface area contributed by atoms with Gasteiger partial charge in [-0.1, -0.05) is 12.8 Å². The summed E-state index contributed by atoms with van der Waals surface area (Å²) in [6.07, 6.45) is 5.44. The minimum atomic E-state index is 0.292. The van der Waals surface area contributed by atoms with Crippen LogP contribution in [0.15, 0.2) is 12.1 Å². The van der Waals surface area contributed by atoms with E-state index >= 15 is 0 Å². The Morgan fingerprint density at radius 2 is 2.25 bits per heavy atom. The summed E-state index contributed by atoms with van der Waals surface area (Å²) in [5.41, 5.74) is 1.71. The van der Waals surface area contributed by atoms with E-state index in [1.165, 1.54) is 25.7 Å². The number of aromatic hydroxyl groups is 1. The maximum Gasteiger partial charge on any atom is 0.138 e. The summed E-state index contributed by atoms with van der Waals surface area (Å²) < 4.78 is 0. The standard InChI is InChI=1S/C13H20N2O/c1-10-4-7-13(16)12(15-10)9-14-8-2-3-11-5-6-11/h4,7,11,14,16H,2-3,5-6,8-9H2,1H3. The molecule has 0 atom stereocenters. The van der Waals surface area contributed by atoms with Crippen molar-refractivity contribution in [2.45, 2.75) is 39.2 Å². The fourth-order valence-electron chi connectivity index (χ4n) is 1.86. The molecule has 0 spiro atoms. The smallest absolute Gasteiger partial charge is 0.138 e. The van der Waals surface area contributed by atoms with Gasteiger partial charge in [-0.25, -0.2) is 0 Å². The Balaban J connectivity index is 1.69. The zero-order chi connectivity index (χ0) is 11.4. The second-order valence-corrected chi connectivity index (χ2v) is 4.68. The first-order valence-electron chi connectivity index (χ1n) is 6.12. The number of nitrogens with one attached hydrogen (secondary N) is 1. The molecule has 0 aromatic carbocycles. The largest absolute Gasteiger partial charge is 0.506 e. The first-order chi connectivity index (χ1) is 7.75. The van der Waals surface area contributed by atoms with Gasteiger partial charge >= 0.3 is 0 Å². The molecule has 1 heterocycles. The summed E-state index contributed by atoms with van der Waals surface area (Å²) >= 11 is 0. The summed E-state index contributed by atoms with van der Waals surface area (Å²) in [5.74, 6) is 1.30. The van der Waals surface area contributed by atoms with Gasteiger partial charge in [-0.05, 0) is 44.4 Å². The summed E-state index contributed by atoms with van der Waals surface area (Å²) in [5, 5.41) is 12.9. The van der Waals surface area contributed by atoms with Crippen LogP contribution in [-0.2, 0) is 6.54 Å². The van der Waals surface area contributed by atoms with Crippen molar-refractivity contribution in [1.29, 1.82) is 0 Å². The molecule has 3 heteroatoms. The van der Waals surface area contributed by atoms with Crippen molar-refractivity contribution in [3.63, 3.8) is 0 Å². The summed E-state index contributed by atoms with van der Waals surface area (Å²) in [4.78, 5) is 4.31. The molecular formula is C13H20N2O. The van der Waals surface area contributed by atoms with Crippen molar-refractivity contribution in [2.75, 3.05) is 6.54 Å². The molecule has 1 aliphatic rings.